The molecule has 3 rings (SSSR count). The highest BCUT2D eigenvalue weighted by atomic mass is 32.2. The van der Waals surface area contributed by atoms with Crippen molar-refractivity contribution in [2.75, 3.05) is 6.54 Å². The Hall–Kier alpha value is -2.97. The summed E-state index contributed by atoms with van der Waals surface area (Å²) in [6.45, 7) is 1.04. The standard InChI is InChI=1S/C18H18N4O3S/c19-26(24,25)17-5-3-13(4-6-17)9-22-18(23)16-8-15(11-21-12-16)14-2-1-7-20-10-14/h1-6,8,10-12,20H,7,9H2,(H,22,23)(H2,19,24,25). The highest BCUT2D eigenvalue weighted by molar-refractivity contribution is 7.89. The topological polar surface area (TPSA) is 114 Å². The zero-order chi connectivity index (χ0) is 18.6. The maximum atomic E-state index is 12.4. The third-order valence-electron chi connectivity index (χ3n) is 3.83. The average molecular weight is 370 g/mol. The van der Waals surface area contributed by atoms with Gasteiger partial charge in [-0.05, 0) is 29.3 Å². The molecule has 1 aliphatic heterocycles. The van der Waals surface area contributed by atoms with E-state index in [1.54, 1.807) is 24.4 Å². The van der Waals surface area contributed by atoms with Crippen molar-refractivity contribution in [3.63, 3.8) is 0 Å². The first kappa shape index (κ1) is 17.8. The van der Waals surface area contributed by atoms with E-state index in [0.29, 0.717) is 5.56 Å². The van der Waals surface area contributed by atoms with Crippen LogP contribution in [-0.2, 0) is 16.6 Å². The van der Waals surface area contributed by atoms with Gasteiger partial charge in [0.05, 0.1) is 10.5 Å². The molecule has 1 amide bonds. The lowest BCUT2D eigenvalue weighted by Crippen LogP contribution is -2.23. The van der Waals surface area contributed by atoms with Crippen LogP contribution in [0.2, 0.25) is 0 Å². The molecular weight excluding hydrogens is 352 g/mol. The van der Waals surface area contributed by atoms with E-state index < -0.39 is 10.0 Å². The van der Waals surface area contributed by atoms with Gasteiger partial charge in [0.15, 0.2) is 0 Å². The fourth-order valence-corrected chi connectivity index (χ4v) is 2.97. The second-order valence-corrected chi connectivity index (χ2v) is 7.31. The maximum Gasteiger partial charge on any atom is 0.253 e. The normalized spacial score (nSPS) is 13.7. The van der Waals surface area contributed by atoms with E-state index in [-0.39, 0.29) is 17.3 Å². The molecule has 0 atom stereocenters. The fraction of sp³-hybridized carbons (Fsp3) is 0.111. The molecule has 1 aromatic heterocycles. The van der Waals surface area contributed by atoms with Gasteiger partial charge in [-0.1, -0.05) is 24.3 Å². The summed E-state index contributed by atoms with van der Waals surface area (Å²) in [5.74, 6) is -0.261. The summed E-state index contributed by atoms with van der Waals surface area (Å²) in [4.78, 5) is 16.5. The molecule has 0 fully saturated rings. The van der Waals surface area contributed by atoms with Crippen molar-refractivity contribution in [3.8, 4) is 0 Å². The van der Waals surface area contributed by atoms with E-state index >= 15 is 0 Å². The van der Waals surface area contributed by atoms with Crippen LogP contribution in [0.1, 0.15) is 21.5 Å². The highest BCUT2D eigenvalue weighted by Gasteiger charge is 2.10. The highest BCUT2D eigenvalue weighted by Crippen LogP contribution is 2.17. The van der Waals surface area contributed by atoms with Crippen molar-refractivity contribution in [1.29, 1.82) is 0 Å². The average Bonchev–Trinajstić information content (AvgIpc) is 2.66. The predicted molar refractivity (Wildman–Crippen MR) is 98.3 cm³/mol. The number of carbonyl (C=O) groups excluding carboxylic acids is 1. The van der Waals surface area contributed by atoms with Gasteiger partial charge in [-0.25, -0.2) is 13.6 Å². The zero-order valence-corrected chi connectivity index (χ0v) is 14.7. The zero-order valence-electron chi connectivity index (χ0n) is 13.8. The lowest BCUT2D eigenvalue weighted by atomic mass is 10.1. The molecule has 0 aliphatic carbocycles. The van der Waals surface area contributed by atoms with Crippen LogP contribution in [0.4, 0.5) is 0 Å². The molecule has 8 heteroatoms. The Balaban J connectivity index is 1.67. The number of dihydropyridines is 1. The van der Waals surface area contributed by atoms with Crippen LogP contribution < -0.4 is 15.8 Å². The summed E-state index contributed by atoms with van der Waals surface area (Å²) in [5, 5.41) is 11.0. The number of hydrogen-bond acceptors (Lipinski definition) is 5. The van der Waals surface area contributed by atoms with E-state index in [1.165, 1.54) is 18.3 Å². The molecule has 0 radical (unpaired) electrons. The van der Waals surface area contributed by atoms with Crippen LogP contribution in [0.5, 0.6) is 0 Å². The minimum Gasteiger partial charge on any atom is -0.387 e. The van der Waals surface area contributed by atoms with Gasteiger partial charge in [-0.2, -0.15) is 0 Å². The predicted octanol–water partition coefficient (Wildman–Crippen LogP) is 1.16. The van der Waals surface area contributed by atoms with Crippen LogP contribution in [-0.4, -0.2) is 25.9 Å². The van der Waals surface area contributed by atoms with Crippen molar-refractivity contribution in [2.24, 2.45) is 5.14 Å². The molecule has 7 nitrogen and oxygen atoms in total. The molecule has 2 aromatic rings. The summed E-state index contributed by atoms with van der Waals surface area (Å²) < 4.78 is 22.5. The van der Waals surface area contributed by atoms with Gasteiger partial charge in [0.1, 0.15) is 0 Å². The molecule has 26 heavy (non-hydrogen) atoms. The number of rotatable bonds is 5. The number of allylic oxidation sites excluding steroid dienone is 2. The Morgan fingerprint density at radius 2 is 2.00 bits per heavy atom. The van der Waals surface area contributed by atoms with Gasteiger partial charge < -0.3 is 10.6 Å². The monoisotopic (exact) mass is 370 g/mol. The van der Waals surface area contributed by atoms with Crippen molar-refractivity contribution in [1.82, 2.24) is 15.6 Å². The maximum absolute atomic E-state index is 12.4. The molecule has 1 aliphatic rings. The third-order valence-corrected chi connectivity index (χ3v) is 4.76. The Kier molecular flexibility index (Phi) is 5.15. The molecule has 0 spiro atoms. The molecule has 4 N–H and O–H groups in total. The second-order valence-electron chi connectivity index (χ2n) is 5.74. The van der Waals surface area contributed by atoms with Gasteiger partial charge in [0, 0.05) is 37.2 Å². The van der Waals surface area contributed by atoms with Crippen LogP contribution in [0, 0.1) is 0 Å². The minimum atomic E-state index is -3.72. The largest absolute Gasteiger partial charge is 0.387 e. The number of benzene rings is 1. The summed E-state index contributed by atoms with van der Waals surface area (Å²) >= 11 is 0. The summed E-state index contributed by atoms with van der Waals surface area (Å²) in [6.07, 6.45) is 9.05. The second kappa shape index (κ2) is 7.51. The number of aromatic nitrogens is 1. The quantitative estimate of drug-likeness (QED) is 0.731. The number of nitrogens with zero attached hydrogens (tertiary/aromatic N) is 1. The molecule has 0 saturated heterocycles. The van der Waals surface area contributed by atoms with Crippen molar-refractivity contribution in [2.45, 2.75) is 11.4 Å². The van der Waals surface area contributed by atoms with Gasteiger partial charge >= 0.3 is 0 Å². The van der Waals surface area contributed by atoms with E-state index in [9.17, 15) is 13.2 Å². The summed E-state index contributed by atoms with van der Waals surface area (Å²) in [6, 6.07) is 7.81. The number of carbonyl (C=O) groups is 1. The van der Waals surface area contributed by atoms with Gasteiger partial charge in [-0.15, -0.1) is 0 Å². The van der Waals surface area contributed by atoms with Gasteiger partial charge in [0.25, 0.3) is 5.91 Å². The molecular formula is C18H18N4O3S. The van der Waals surface area contributed by atoms with Gasteiger partial charge in [-0.3, -0.25) is 9.78 Å². The van der Waals surface area contributed by atoms with E-state index in [4.69, 9.17) is 5.14 Å². The smallest absolute Gasteiger partial charge is 0.253 e. The summed E-state index contributed by atoms with van der Waals surface area (Å²) in [7, 11) is -3.72. The molecule has 134 valence electrons. The third kappa shape index (κ3) is 4.35. The van der Waals surface area contributed by atoms with E-state index in [1.807, 2.05) is 18.4 Å². The Labute approximate surface area is 151 Å². The first-order valence-corrected chi connectivity index (χ1v) is 9.43. The van der Waals surface area contributed by atoms with Crippen LogP contribution in [0.15, 0.2) is 66.0 Å². The van der Waals surface area contributed by atoms with Crippen LogP contribution >= 0.6 is 0 Å². The number of hydrogen-bond donors (Lipinski definition) is 3. The molecule has 0 unspecified atom stereocenters. The Bertz CT molecular complexity index is 980. The summed E-state index contributed by atoms with van der Waals surface area (Å²) in [5.41, 5.74) is 3.01. The van der Waals surface area contributed by atoms with Crippen molar-refractivity contribution < 1.29 is 13.2 Å². The number of nitrogens with two attached hydrogens (primary N) is 1. The lowest BCUT2D eigenvalue weighted by Gasteiger charge is -2.10. The van der Waals surface area contributed by atoms with Crippen molar-refractivity contribution >= 4 is 21.5 Å². The van der Waals surface area contributed by atoms with Crippen LogP contribution in [0.3, 0.4) is 0 Å². The molecule has 0 saturated carbocycles. The Morgan fingerprint density at radius 3 is 2.65 bits per heavy atom. The van der Waals surface area contributed by atoms with Gasteiger partial charge in [0.2, 0.25) is 10.0 Å². The molecule has 1 aromatic carbocycles. The van der Waals surface area contributed by atoms with Crippen molar-refractivity contribution in [3.05, 3.63) is 77.8 Å². The van der Waals surface area contributed by atoms with Crippen LogP contribution in [0.25, 0.3) is 5.57 Å². The van der Waals surface area contributed by atoms with E-state index in [2.05, 4.69) is 15.6 Å². The van der Waals surface area contributed by atoms with E-state index in [0.717, 1.165) is 23.2 Å². The number of pyridine rings is 1. The number of amides is 1. The molecule has 2 heterocycles. The number of primary sulfonamides is 1. The first-order chi connectivity index (χ1) is 12.4. The lowest BCUT2D eigenvalue weighted by molar-refractivity contribution is 0.0950. The first-order valence-electron chi connectivity index (χ1n) is 7.89. The Morgan fingerprint density at radius 1 is 1.23 bits per heavy atom. The SMILES string of the molecule is NS(=O)(=O)c1ccc(CNC(=O)c2cncc(C3=CNCC=C3)c2)cc1. The number of nitrogens with one attached hydrogen (secondary N) is 2. The number of sulfonamides is 1. The minimum absolute atomic E-state index is 0.0342. The fourth-order valence-electron chi connectivity index (χ4n) is 2.45. The molecule has 0 bridgehead atoms.